The van der Waals surface area contributed by atoms with Crippen LogP contribution in [-0.4, -0.2) is 29.9 Å². The van der Waals surface area contributed by atoms with Crippen LogP contribution in [0.2, 0.25) is 0 Å². The fourth-order valence-corrected chi connectivity index (χ4v) is 3.93. The topological polar surface area (TPSA) is 81.1 Å². The van der Waals surface area contributed by atoms with Crippen LogP contribution in [0.25, 0.3) is 6.08 Å². The highest BCUT2D eigenvalue weighted by atomic mass is 32.1. The van der Waals surface area contributed by atoms with E-state index in [2.05, 4.69) is 9.98 Å². The predicted molar refractivity (Wildman–Crippen MR) is 120 cm³/mol. The summed E-state index contributed by atoms with van der Waals surface area (Å²) in [5, 5.41) is 2.25. The first-order valence-corrected chi connectivity index (χ1v) is 10.3. The van der Waals surface area contributed by atoms with Gasteiger partial charge >= 0.3 is 5.97 Å². The molecule has 31 heavy (non-hydrogen) atoms. The van der Waals surface area contributed by atoms with E-state index >= 15 is 0 Å². The maximum Gasteiger partial charge on any atom is 0.363 e. The van der Waals surface area contributed by atoms with Gasteiger partial charge in [0.2, 0.25) is 11.8 Å². The maximum absolute atomic E-state index is 12.3. The molecule has 0 saturated carbocycles. The van der Waals surface area contributed by atoms with E-state index in [1.54, 1.807) is 42.8 Å². The molecule has 0 saturated heterocycles. The Bertz CT molecular complexity index is 1210. The minimum atomic E-state index is -0.536. The molecule has 0 spiro atoms. The summed E-state index contributed by atoms with van der Waals surface area (Å²) in [7, 11) is 1.58. The highest BCUT2D eigenvalue weighted by Crippen LogP contribution is 2.31. The quantitative estimate of drug-likeness (QED) is 0.437. The lowest BCUT2D eigenvalue weighted by Crippen LogP contribution is -2.22. The van der Waals surface area contributed by atoms with Gasteiger partial charge < -0.3 is 9.47 Å². The molecule has 1 aliphatic heterocycles. The number of amides is 1. The molecule has 1 aromatic heterocycles. The van der Waals surface area contributed by atoms with Crippen LogP contribution in [0.1, 0.15) is 23.7 Å². The van der Waals surface area contributed by atoms with Crippen molar-refractivity contribution in [3.63, 3.8) is 0 Å². The second kappa shape index (κ2) is 8.53. The fourth-order valence-electron chi connectivity index (χ4n) is 3.08. The number of nitrogens with zero attached hydrogens (tertiary/aromatic N) is 3. The van der Waals surface area contributed by atoms with Crippen LogP contribution in [0, 0.1) is 6.92 Å². The number of aromatic nitrogens is 1. The lowest BCUT2D eigenvalue weighted by molar-refractivity contribution is -0.130. The first-order chi connectivity index (χ1) is 15.0. The molecule has 0 fully saturated rings. The zero-order valence-electron chi connectivity index (χ0n) is 17.2. The van der Waals surface area contributed by atoms with Crippen molar-refractivity contribution in [2.24, 2.45) is 4.99 Å². The summed E-state index contributed by atoms with van der Waals surface area (Å²) in [5.41, 5.74) is 3.07. The lowest BCUT2D eigenvalue weighted by atomic mass is 10.1. The van der Waals surface area contributed by atoms with Gasteiger partial charge in [-0.3, -0.25) is 9.69 Å². The van der Waals surface area contributed by atoms with Gasteiger partial charge in [0.1, 0.15) is 5.75 Å². The standard InChI is InChI=1S/C23H19N3O4S/c1-14-6-4-5-7-19(14)21-25-20(22(28)30-21)12-16-13-31-23(24-16)26(15(2)27)17-8-10-18(29-3)11-9-17/h4-13H,1-3H3/b20-12-. The number of benzene rings is 2. The van der Waals surface area contributed by atoms with Crippen molar-refractivity contribution < 1.29 is 19.1 Å². The molecule has 0 unspecified atom stereocenters. The second-order valence-electron chi connectivity index (χ2n) is 6.76. The number of ether oxygens (including phenoxy) is 2. The van der Waals surface area contributed by atoms with E-state index in [-0.39, 0.29) is 17.5 Å². The van der Waals surface area contributed by atoms with Gasteiger partial charge in [-0.05, 0) is 48.9 Å². The van der Waals surface area contributed by atoms with Gasteiger partial charge in [-0.2, -0.15) is 0 Å². The molecule has 2 heterocycles. The third-order valence-corrected chi connectivity index (χ3v) is 5.47. The second-order valence-corrected chi connectivity index (χ2v) is 7.59. The molecule has 156 valence electrons. The van der Waals surface area contributed by atoms with Crippen molar-refractivity contribution in [3.8, 4) is 5.75 Å². The molecule has 0 bridgehead atoms. The van der Waals surface area contributed by atoms with Gasteiger partial charge in [-0.15, -0.1) is 11.3 Å². The minimum Gasteiger partial charge on any atom is -0.497 e. The number of methoxy groups -OCH3 is 1. The summed E-state index contributed by atoms with van der Waals surface area (Å²) in [6.07, 6.45) is 1.56. The number of carbonyl (C=O) groups is 2. The molecule has 4 rings (SSSR count). The largest absolute Gasteiger partial charge is 0.497 e. The summed E-state index contributed by atoms with van der Waals surface area (Å²) < 4.78 is 10.5. The fraction of sp³-hybridized carbons (Fsp3) is 0.130. The van der Waals surface area contributed by atoms with Crippen molar-refractivity contribution in [1.82, 2.24) is 4.98 Å². The van der Waals surface area contributed by atoms with Crippen LogP contribution in [0.3, 0.4) is 0 Å². The van der Waals surface area contributed by atoms with Crippen molar-refractivity contribution in [1.29, 1.82) is 0 Å². The highest BCUT2D eigenvalue weighted by Gasteiger charge is 2.26. The van der Waals surface area contributed by atoms with Crippen LogP contribution in [0.5, 0.6) is 5.75 Å². The van der Waals surface area contributed by atoms with Crippen molar-refractivity contribution >= 4 is 46.0 Å². The number of thiazole rings is 1. The average molecular weight is 433 g/mol. The number of aryl methyl sites for hydroxylation is 1. The van der Waals surface area contributed by atoms with E-state index in [9.17, 15) is 9.59 Å². The summed E-state index contributed by atoms with van der Waals surface area (Å²) >= 11 is 1.29. The van der Waals surface area contributed by atoms with Crippen molar-refractivity contribution in [2.45, 2.75) is 13.8 Å². The van der Waals surface area contributed by atoms with Gasteiger partial charge in [0, 0.05) is 17.9 Å². The summed E-state index contributed by atoms with van der Waals surface area (Å²) in [6.45, 7) is 3.40. The summed E-state index contributed by atoms with van der Waals surface area (Å²) in [5.74, 6) is 0.248. The monoisotopic (exact) mass is 433 g/mol. The first-order valence-electron chi connectivity index (χ1n) is 9.45. The van der Waals surface area contributed by atoms with E-state index < -0.39 is 5.97 Å². The number of hydrogen-bond acceptors (Lipinski definition) is 7. The van der Waals surface area contributed by atoms with Crippen LogP contribution < -0.4 is 9.64 Å². The van der Waals surface area contributed by atoms with E-state index in [0.717, 1.165) is 11.1 Å². The molecule has 0 atom stereocenters. The number of esters is 1. The molecule has 0 N–H and O–H groups in total. The zero-order valence-corrected chi connectivity index (χ0v) is 18.0. The first kappa shape index (κ1) is 20.5. The lowest BCUT2D eigenvalue weighted by Gasteiger charge is -2.18. The molecule has 2 aromatic carbocycles. The Morgan fingerprint density at radius 2 is 1.90 bits per heavy atom. The Morgan fingerprint density at radius 1 is 1.16 bits per heavy atom. The number of rotatable bonds is 5. The summed E-state index contributed by atoms with van der Waals surface area (Å²) in [4.78, 5) is 34.9. The third-order valence-electron chi connectivity index (χ3n) is 4.63. The number of carbonyl (C=O) groups excluding carboxylic acids is 2. The van der Waals surface area contributed by atoms with Crippen molar-refractivity contribution in [3.05, 3.63) is 76.4 Å². The van der Waals surface area contributed by atoms with E-state index in [1.165, 1.54) is 23.2 Å². The number of cyclic esters (lactones) is 1. The normalized spacial score (nSPS) is 14.4. The van der Waals surface area contributed by atoms with Crippen LogP contribution >= 0.6 is 11.3 Å². The van der Waals surface area contributed by atoms with Crippen LogP contribution in [-0.2, 0) is 14.3 Å². The average Bonchev–Trinajstić information content (AvgIpc) is 3.36. The molecule has 3 aromatic rings. The third kappa shape index (κ3) is 4.24. The minimum absolute atomic E-state index is 0.161. The molecule has 0 aliphatic carbocycles. The zero-order chi connectivity index (χ0) is 22.0. The summed E-state index contributed by atoms with van der Waals surface area (Å²) in [6, 6.07) is 14.7. The predicted octanol–water partition coefficient (Wildman–Crippen LogP) is 4.49. The molecular weight excluding hydrogens is 414 g/mol. The van der Waals surface area contributed by atoms with Gasteiger partial charge in [-0.25, -0.2) is 14.8 Å². The van der Waals surface area contributed by atoms with Crippen LogP contribution in [0.4, 0.5) is 10.8 Å². The molecule has 1 aliphatic rings. The van der Waals surface area contributed by atoms with E-state index in [1.807, 2.05) is 31.2 Å². The van der Waals surface area contributed by atoms with Crippen molar-refractivity contribution in [2.75, 3.05) is 12.0 Å². The Morgan fingerprint density at radius 3 is 2.58 bits per heavy atom. The number of hydrogen-bond donors (Lipinski definition) is 0. The van der Waals surface area contributed by atoms with Gasteiger partial charge in [0.05, 0.1) is 18.5 Å². The Kier molecular flexibility index (Phi) is 5.64. The van der Waals surface area contributed by atoms with E-state index in [4.69, 9.17) is 9.47 Å². The Labute approximate surface area is 183 Å². The number of anilines is 2. The van der Waals surface area contributed by atoms with Gasteiger partial charge in [0.25, 0.3) is 0 Å². The van der Waals surface area contributed by atoms with Gasteiger partial charge in [-0.1, -0.05) is 18.2 Å². The number of aliphatic imine (C=N–C) groups is 1. The molecule has 7 nitrogen and oxygen atoms in total. The SMILES string of the molecule is COc1ccc(N(C(C)=O)c2nc(/C=C3\N=C(c4ccccc4C)OC3=O)cs2)cc1. The molecular formula is C23H19N3O4S. The Balaban J connectivity index is 1.63. The Hall–Kier alpha value is -3.78. The van der Waals surface area contributed by atoms with Crippen LogP contribution in [0.15, 0.2) is 64.6 Å². The van der Waals surface area contributed by atoms with E-state index in [0.29, 0.717) is 22.3 Å². The highest BCUT2D eigenvalue weighted by molar-refractivity contribution is 7.14. The molecule has 8 heteroatoms. The maximum atomic E-state index is 12.3. The smallest absolute Gasteiger partial charge is 0.363 e. The molecule has 1 amide bonds. The van der Waals surface area contributed by atoms with Gasteiger partial charge in [0.15, 0.2) is 10.8 Å². The molecule has 0 radical (unpaired) electrons.